The Morgan fingerprint density at radius 1 is 1.27 bits per heavy atom. The second-order valence-electron chi connectivity index (χ2n) is 4.44. The maximum Gasteiger partial charge on any atom is 0.0345 e. The van der Waals surface area contributed by atoms with Crippen molar-refractivity contribution < 1.29 is 0 Å². The second kappa shape index (κ2) is 4.77. The lowest BCUT2D eigenvalue weighted by Gasteiger charge is -2.32. The van der Waals surface area contributed by atoms with Crippen molar-refractivity contribution in [2.24, 2.45) is 5.73 Å². The molecule has 0 aliphatic carbocycles. The van der Waals surface area contributed by atoms with Gasteiger partial charge >= 0.3 is 0 Å². The largest absolute Gasteiger partial charge is 0.326 e. The molecule has 15 heavy (non-hydrogen) atoms. The summed E-state index contributed by atoms with van der Waals surface area (Å²) >= 11 is 0. The standard InChI is InChI=1S/C13H20N2/c1-15-9-3-2-4-13(15)12-7-5-11(10-14)6-8-12/h5-8,13H,2-4,9-10,14H2,1H3/t13-/m1/s1. The first-order chi connectivity index (χ1) is 7.31. The van der Waals surface area contributed by atoms with Crippen molar-refractivity contribution in [3.8, 4) is 0 Å². The molecule has 0 amide bonds. The number of benzene rings is 1. The minimum atomic E-state index is 0.616. The van der Waals surface area contributed by atoms with Gasteiger partial charge in [-0.15, -0.1) is 0 Å². The van der Waals surface area contributed by atoms with E-state index in [1.54, 1.807) is 0 Å². The van der Waals surface area contributed by atoms with Crippen molar-refractivity contribution in [1.29, 1.82) is 0 Å². The Morgan fingerprint density at radius 2 is 2.00 bits per heavy atom. The van der Waals surface area contributed by atoms with E-state index >= 15 is 0 Å². The average molecular weight is 204 g/mol. The van der Waals surface area contributed by atoms with E-state index in [1.165, 1.54) is 36.9 Å². The summed E-state index contributed by atoms with van der Waals surface area (Å²) in [5.41, 5.74) is 8.25. The van der Waals surface area contributed by atoms with Gasteiger partial charge in [0.25, 0.3) is 0 Å². The highest BCUT2D eigenvalue weighted by molar-refractivity contribution is 5.25. The molecule has 2 rings (SSSR count). The van der Waals surface area contributed by atoms with E-state index < -0.39 is 0 Å². The van der Waals surface area contributed by atoms with Gasteiger partial charge in [-0.3, -0.25) is 4.90 Å². The normalized spacial score (nSPS) is 22.9. The van der Waals surface area contributed by atoms with Gasteiger partial charge in [0, 0.05) is 12.6 Å². The van der Waals surface area contributed by atoms with Crippen molar-refractivity contribution in [3.63, 3.8) is 0 Å². The lowest BCUT2D eigenvalue weighted by Crippen LogP contribution is -2.29. The Hall–Kier alpha value is -0.860. The molecule has 0 saturated carbocycles. The Morgan fingerprint density at radius 3 is 2.60 bits per heavy atom. The van der Waals surface area contributed by atoms with Crippen molar-refractivity contribution in [3.05, 3.63) is 35.4 Å². The molecule has 1 atom stereocenters. The van der Waals surface area contributed by atoms with Crippen LogP contribution in [0.25, 0.3) is 0 Å². The molecule has 1 fully saturated rings. The Bertz CT molecular complexity index is 305. The first-order valence-electron chi connectivity index (χ1n) is 5.80. The first kappa shape index (κ1) is 10.7. The van der Waals surface area contributed by atoms with Gasteiger partial charge in [-0.05, 0) is 37.6 Å². The molecule has 2 heteroatoms. The maximum atomic E-state index is 5.60. The van der Waals surface area contributed by atoms with Crippen molar-refractivity contribution in [2.45, 2.75) is 31.8 Å². The molecule has 0 spiro atoms. The molecule has 1 aromatic carbocycles. The van der Waals surface area contributed by atoms with Crippen LogP contribution in [0.5, 0.6) is 0 Å². The third-order valence-corrected chi connectivity index (χ3v) is 3.37. The fraction of sp³-hybridized carbons (Fsp3) is 0.538. The third-order valence-electron chi connectivity index (χ3n) is 3.37. The minimum absolute atomic E-state index is 0.616. The maximum absolute atomic E-state index is 5.60. The minimum Gasteiger partial charge on any atom is -0.326 e. The fourth-order valence-electron chi connectivity index (χ4n) is 2.37. The van der Waals surface area contributed by atoms with Gasteiger partial charge in [0.15, 0.2) is 0 Å². The molecule has 1 aliphatic heterocycles. The summed E-state index contributed by atoms with van der Waals surface area (Å²) in [7, 11) is 2.22. The van der Waals surface area contributed by atoms with Crippen LogP contribution < -0.4 is 5.73 Å². The summed E-state index contributed by atoms with van der Waals surface area (Å²) in [6, 6.07) is 9.38. The number of hydrogen-bond donors (Lipinski definition) is 1. The highest BCUT2D eigenvalue weighted by Crippen LogP contribution is 2.29. The summed E-state index contributed by atoms with van der Waals surface area (Å²) in [6.45, 7) is 1.87. The molecule has 2 N–H and O–H groups in total. The smallest absolute Gasteiger partial charge is 0.0345 e. The van der Waals surface area contributed by atoms with Gasteiger partial charge < -0.3 is 5.73 Å². The molecule has 1 aromatic rings. The van der Waals surface area contributed by atoms with Crippen LogP contribution in [0.2, 0.25) is 0 Å². The van der Waals surface area contributed by atoms with Crippen LogP contribution in [0.1, 0.15) is 36.4 Å². The van der Waals surface area contributed by atoms with Crippen LogP contribution in [0.15, 0.2) is 24.3 Å². The fourth-order valence-corrected chi connectivity index (χ4v) is 2.37. The van der Waals surface area contributed by atoms with Gasteiger partial charge in [0.2, 0.25) is 0 Å². The van der Waals surface area contributed by atoms with Crippen LogP contribution in [-0.4, -0.2) is 18.5 Å². The summed E-state index contributed by atoms with van der Waals surface area (Å²) in [6.07, 6.45) is 3.99. The van der Waals surface area contributed by atoms with E-state index in [0.717, 1.165) is 0 Å². The van der Waals surface area contributed by atoms with E-state index in [4.69, 9.17) is 5.73 Å². The summed E-state index contributed by atoms with van der Waals surface area (Å²) in [5, 5.41) is 0. The highest BCUT2D eigenvalue weighted by atomic mass is 15.1. The van der Waals surface area contributed by atoms with Crippen LogP contribution in [-0.2, 0) is 6.54 Å². The number of hydrogen-bond acceptors (Lipinski definition) is 2. The summed E-state index contributed by atoms with van der Waals surface area (Å²) in [5.74, 6) is 0. The van der Waals surface area contributed by atoms with Crippen molar-refractivity contribution in [2.75, 3.05) is 13.6 Å². The monoisotopic (exact) mass is 204 g/mol. The van der Waals surface area contributed by atoms with Crippen LogP contribution in [0.3, 0.4) is 0 Å². The molecule has 2 nitrogen and oxygen atoms in total. The summed E-state index contributed by atoms with van der Waals surface area (Å²) < 4.78 is 0. The molecule has 1 heterocycles. The molecule has 1 aliphatic rings. The lowest BCUT2D eigenvalue weighted by atomic mass is 9.95. The molecule has 0 radical (unpaired) electrons. The molecule has 0 aromatic heterocycles. The van der Waals surface area contributed by atoms with E-state index in [9.17, 15) is 0 Å². The Balaban J connectivity index is 2.13. The zero-order valence-electron chi connectivity index (χ0n) is 9.45. The van der Waals surface area contributed by atoms with Gasteiger partial charge in [0.05, 0.1) is 0 Å². The van der Waals surface area contributed by atoms with Crippen molar-refractivity contribution >= 4 is 0 Å². The number of nitrogens with two attached hydrogens (primary N) is 1. The summed E-state index contributed by atoms with van der Waals surface area (Å²) in [4.78, 5) is 2.46. The molecular formula is C13H20N2. The predicted molar refractivity (Wildman–Crippen MR) is 63.6 cm³/mol. The number of rotatable bonds is 2. The number of likely N-dealkylation sites (tertiary alicyclic amines) is 1. The van der Waals surface area contributed by atoms with Gasteiger partial charge in [-0.1, -0.05) is 30.7 Å². The quantitative estimate of drug-likeness (QED) is 0.801. The average Bonchev–Trinajstić information content (AvgIpc) is 2.30. The van der Waals surface area contributed by atoms with Gasteiger partial charge in [0.1, 0.15) is 0 Å². The van der Waals surface area contributed by atoms with E-state index in [1.807, 2.05) is 0 Å². The molecule has 82 valence electrons. The molecule has 1 saturated heterocycles. The van der Waals surface area contributed by atoms with Crippen molar-refractivity contribution in [1.82, 2.24) is 4.90 Å². The number of piperidine rings is 1. The molecule has 0 unspecified atom stereocenters. The van der Waals surface area contributed by atoms with Crippen LogP contribution >= 0.6 is 0 Å². The van der Waals surface area contributed by atoms with E-state index in [-0.39, 0.29) is 0 Å². The number of nitrogens with zero attached hydrogens (tertiary/aromatic N) is 1. The topological polar surface area (TPSA) is 29.3 Å². The second-order valence-corrected chi connectivity index (χ2v) is 4.44. The van der Waals surface area contributed by atoms with Gasteiger partial charge in [-0.25, -0.2) is 0 Å². The van der Waals surface area contributed by atoms with Gasteiger partial charge in [-0.2, -0.15) is 0 Å². The first-order valence-corrected chi connectivity index (χ1v) is 5.80. The Labute approximate surface area is 92.1 Å². The molecular weight excluding hydrogens is 184 g/mol. The lowest BCUT2D eigenvalue weighted by molar-refractivity contribution is 0.187. The van der Waals surface area contributed by atoms with Crippen LogP contribution in [0.4, 0.5) is 0 Å². The SMILES string of the molecule is CN1CCCC[C@@H]1c1ccc(CN)cc1. The zero-order valence-corrected chi connectivity index (χ0v) is 9.45. The third kappa shape index (κ3) is 2.39. The Kier molecular flexibility index (Phi) is 3.39. The van der Waals surface area contributed by atoms with E-state index in [2.05, 4.69) is 36.2 Å². The highest BCUT2D eigenvalue weighted by Gasteiger charge is 2.19. The zero-order chi connectivity index (χ0) is 10.7. The van der Waals surface area contributed by atoms with E-state index in [0.29, 0.717) is 12.6 Å². The predicted octanol–water partition coefficient (Wildman–Crippen LogP) is 2.30. The van der Waals surface area contributed by atoms with Crippen LogP contribution in [0, 0.1) is 0 Å². The molecule has 0 bridgehead atoms.